The second kappa shape index (κ2) is 6.90. The van der Waals surface area contributed by atoms with Gasteiger partial charge in [0.25, 0.3) is 0 Å². The minimum atomic E-state index is 0.267. The number of nitrogens with one attached hydrogen (secondary N) is 1. The zero-order valence-electron chi connectivity index (χ0n) is 10.7. The highest BCUT2D eigenvalue weighted by Gasteiger charge is 2.10. The fraction of sp³-hybridized carbons (Fsp3) is 0.267. The Hall–Kier alpha value is -1.09. The monoisotopic (exact) mass is 294 g/mol. The van der Waals surface area contributed by atoms with E-state index in [0.717, 1.165) is 18.5 Å². The first-order valence-corrected chi connectivity index (χ1v) is 7.03. The van der Waals surface area contributed by atoms with Crippen LogP contribution in [0.3, 0.4) is 0 Å². The molecule has 1 aromatic carbocycles. The van der Waals surface area contributed by atoms with Gasteiger partial charge in [-0.2, -0.15) is 0 Å². The van der Waals surface area contributed by atoms with Gasteiger partial charge in [0, 0.05) is 25.0 Å². The van der Waals surface area contributed by atoms with Crippen molar-refractivity contribution in [3.63, 3.8) is 0 Å². The van der Waals surface area contributed by atoms with Gasteiger partial charge in [0.2, 0.25) is 0 Å². The number of pyridine rings is 1. The SMILES string of the molecule is CCC(NCc1ccncc1)c1ccc(Cl)c(Cl)c1. The molecule has 1 N–H and O–H groups in total. The lowest BCUT2D eigenvalue weighted by molar-refractivity contribution is 0.519. The van der Waals surface area contributed by atoms with Gasteiger partial charge in [0.05, 0.1) is 10.0 Å². The van der Waals surface area contributed by atoms with E-state index in [9.17, 15) is 0 Å². The molecule has 0 amide bonds. The Bertz CT molecular complexity index is 529. The van der Waals surface area contributed by atoms with Gasteiger partial charge in [0.1, 0.15) is 0 Å². The van der Waals surface area contributed by atoms with Crippen LogP contribution < -0.4 is 5.32 Å². The molecule has 100 valence electrons. The largest absolute Gasteiger partial charge is 0.306 e. The summed E-state index contributed by atoms with van der Waals surface area (Å²) in [5.41, 5.74) is 2.37. The van der Waals surface area contributed by atoms with E-state index >= 15 is 0 Å². The molecular formula is C15H16Cl2N2. The van der Waals surface area contributed by atoms with Crippen molar-refractivity contribution >= 4 is 23.2 Å². The van der Waals surface area contributed by atoms with Crippen LogP contribution in [0.2, 0.25) is 10.0 Å². The molecule has 2 rings (SSSR count). The third-order valence-corrected chi connectivity index (χ3v) is 3.80. The average molecular weight is 295 g/mol. The lowest BCUT2D eigenvalue weighted by Crippen LogP contribution is -2.20. The topological polar surface area (TPSA) is 24.9 Å². The molecule has 0 aliphatic heterocycles. The lowest BCUT2D eigenvalue weighted by atomic mass is 10.0. The van der Waals surface area contributed by atoms with Gasteiger partial charge in [-0.3, -0.25) is 4.98 Å². The first kappa shape index (κ1) is 14.3. The predicted octanol–water partition coefficient (Wildman–Crippen LogP) is 4.63. The fourth-order valence-electron chi connectivity index (χ4n) is 1.97. The number of rotatable bonds is 5. The van der Waals surface area contributed by atoms with E-state index in [2.05, 4.69) is 17.2 Å². The molecule has 0 bridgehead atoms. The van der Waals surface area contributed by atoms with Crippen LogP contribution in [-0.4, -0.2) is 4.98 Å². The van der Waals surface area contributed by atoms with Gasteiger partial charge in [0.15, 0.2) is 0 Å². The third kappa shape index (κ3) is 3.93. The van der Waals surface area contributed by atoms with Crippen molar-refractivity contribution < 1.29 is 0 Å². The molecule has 0 saturated carbocycles. The molecule has 1 unspecified atom stereocenters. The van der Waals surface area contributed by atoms with Gasteiger partial charge in [-0.05, 0) is 41.8 Å². The molecule has 1 atom stereocenters. The summed E-state index contributed by atoms with van der Waals surface area (Å²) in [6, 6.07) is 10.1. The number of hydrogen-bond donors (Lipinski definition) is 1. The first-order valence-electron chi connectivity index (χ1n) is 6.28. The van der Waals surface area contributed by atoms with Crippen molar-refractivity contribution in [3.8, 4) is 0 Å². The minimum Gasteiger partial charge on any atom is -0.306 e. The Kier molecular flexibility index (Phi) is 5.20. The fourth-order valence-corrected chi connectivity index (χ4v) is 2.28. The zero-order valence-corrected chi connectivity index (χ0v) is 12.2. The Balaban J connectivity index is 2.05. The van der Waals surface area contributed by atoms with Crippen molar-refractivity contribution in [1.82, 2.24) is 10.3 Å². The number of hydrogen-bond acceptors (Lipinski definition) is 2. The molecule has 0 aliphatic rings. The van der Waals surface area contributed by atoms with Crippen molar-refractivity contribution in [3.05, 3.63) is 63.9 Å². The number of benzene rings is 1. The number of aromatic nitrogens is 1. The summed E-state index contributed by atoms with van der Waals surface area (Å²) < 4.78 is 0. The zero-order chi connectivity index (χ0) is 13.7. The van der Waals surface area contributed by atoms with Crippen molar-refractivity contribution in [2.45, 2.75) is 25.9 Å². The Labute approximate surface area is 123 Å². The molecule has 4 heteroatoms. The maximum absolute atomic E-state index is 6.06. The lowest BCUT2D eigenvalue weighted by Gasteiger charge is -2.18. The van der Waals surface area contributed by atoms with Crippen LogP contribution in [0.5, 0.6) is 0 Å². The quantitative estimate of drug-likeness (QED) is 0.870. The van der Waals surface area contributed by atoms with Crippen LogP contribution in [0.1, 0.15) is 30.5 Å². The molecule has 0 fully saturated rings. The molecule has 0 spiro atoms. The summed E-state index contributed by atoms with van der Waals surface area (Å²) in [7, 11) is 0. The normalized spacial score (nSPS) is 12.4. The van der Waals surface area contributed by atoms with Crippen LogP contribution in [0.4, 0.5) is 0 Å². The predicted molar refractivity (Wildman–Crippen MR) is 80.6 cm³/mol. The second-order valence-electron chi connectivity index (χ2n) is 4.37. The van der Waals surface area contributed by atoms with Gasteiger partial charge in [-0.1, -0.05) is 36.2 Å². The van der Waals surface area contributed by atoms with Gasteiger partial charge in [-0.15, -0.1) is 0 Å². The molecule has 0 radical (unpaired) electrons. The molecule has 1 heterocycles. The Morgan fingerprint density at radius 3 is 2.47 bits per heavy atom. The van der Waals surface area contributed by atoms with E-state index in [1.165, 1.54) is 5.56 Å². The van der Waals surface area contributed by atoms with Gasteiger partial charge in [-0.25, -0.2) is 0 Å². The molecule has 0 aliphatic carbocycles. The standard InChI is InChI=1S/C15H16Cl2N2/c1-2-15(12-3-4-13(16)14(17)9-12)19-10-11-5-7-18-8-6-11/h3-9,15,19H,2,10H2,1H3. The van der Waals surface area contributed by atoms with Crippen molar-refractivity contribution in [2.24, 2.45) is 0 Å². The van der Waals surface area contributed by atoms with Crippen LogP contribution in [0.15, 0.2) is 42.7 Å². The summed E-state index contributed by atoms with van der Waals surface area (Å²) in [5.74, 6) is 0. The summed E-state index contributed by atoms with van der Waals surface area (Å²) in [5, 5.41) is 4.71. The van der Waals surface area contributed by atoms with Gasteiger partial charge < -0.3 is 5.32 Å². The maximum Gasteiger partial charge on any atom is 0.0595 e. The molecular weight excluding hydrogens is 279 g/mol. The average Bonchev–Trinajstić information content (AvgIpc) is 2.44. The van der Waals surface area contributed by atoms with Crippen LogP contribution in [-0.2, 0) is 6.54 Å². The van der Waals surface area contributed by atoms with Gasteiger partial charge >= 0.3 is 0 Å². The third-order valence-electron chi connectivity index (χ3n) is 3.06. The van der Waals surface area contributed by atoms with E-state index < -0.39 is 0 Å². The first-order chi connectivity index (χ1) is 9.20. The molecule has 19 heavy (non-hydrogen) atoms. The Morgan fingerprint density at radius 1 is 1.11 bits per heavy atom. The van der Waals surface area contributed by atoms with E-state index in [4.69, 9.17) is 23.2 Å². The smallest absolute Gasteiger partial charge is 0.0595 e. The summed E-state index contributed by atoms with van der Waals surface area (Å²) in [6.07, 6.45) is 4.59. The van der Waals surface area contributed by atoms with Crippen molar-refractivity contribution in [2.75, 3.05) is 0 Å². The highest BCUT2D eigenvalue weighted by Crippen LogP contribution is 2.27. The van der Waals surface area contributed by atoms with E-state index in [1.807, 2.05) is 30.3 Å². The molecule has 1 aromatic heterocycles. The summed E-state index contributed by atoms with van der Waals surface area (Å²) in [6.45, 7) is 2.95. The van der Waals surface area contributed by atoms with Crippen LogP contribution in [0, 0.1) is 0 Å². The Morgan fingerprint density at radius 2 is 1.84 bits per heavy atom. The van der Waals surface area contributed by atoms with E-state index in [0.29, 0.717) is 10.0 Å². The molecule has 2 nitrogen and oxygen atoms in total. The highest BCUT2D eigenvalue weighted by molar-refractivity contribution is 6.42. The maximum atomic E-state index is 6.06. The van der Waals surface area contributed by atoms with Crippen molar-refractivity contribution in [1.29, 1.82) is 0 Å². The van der Waals surface area contributed by atoms with E-state index in [-0.39, 0.29) is 6.04 Å². The highest BCUT2D eigenvalue weighted by atomic mass is 35.5. The van der Waals surface area contributed by atoms with Crippen LogP contribution in [0.25, 0.3) is 0 Å². The minimum absolute atomic E-state index is 0.267. The second-order valence-corrected chi connectivity index (χ2v) is 5.19. The number of nitrogens with zero attached hydrogens (tertiary/aromatic N) is 1. The molecule has 0 saturated heterocycles. The summed E-state index contributed by atoms with van der Waals surface area (Å²) in [4.78, 5) is 4.01. The van der Waals surface area contributed by atoms with E-state index in [1.54, 1.807) is 12.4 Å². The summed E-state index contributed by atoms with van der Waals surface area (Å²) >= 11 is 12.0. The number of halogens is 2. The van der Waals surface area contributed by atoms with Crippen LogP contribution >= 0.6 is 23.2 Å². The molecule has 2 aromatic rings.